The largest absolute Gasteiger partial charge is 0.489 e. The van der Waals surface area contributed by atoms with Gasteiger partial charge in [0, 0.05) is 0 Å². The summed E-state index contributed by atoms with van der Waals surface area (Å²) < 4.78 is 7.08. The summed E-state index contributed by atoms with van der Waals surface area (Å²) in [5.41, 5.74) is 0.792. The van der Waals surface area contributed by atoms with Crippen LogP contribution in [0, 0.1) is 5.92 Å². The van der Waals surface area contributed by atoms with Gasteiger partial charge in [-0.05, 0) is 55.5 Å². The Morgan fingerprint density at radius 2 is 1.76 bits per heavy atom. The Hall–Kier alpha value is -0.100. The lowest BCUT2D eigenvalue weighted by molar-refractivity contribution is 0.0695. The van der Waals surface area contributed by atoms with Crippen LogP contribution in [0.3, 0.4) is 0 Å². The van der Waals surface area contributed by atoms with Gasteiger partial charge in [-0.3, -0.25) is 0 Å². The summed E-state index contributed by atoms with van der Waals surface area (Å²) in [6.45, 7) is 4.10. The number of halogens is 2. The third kappa shape index (κ3) is 4.25. The SMILES string of the molecule is CC(C)C(O)COc1c(Br)cc(CO)cc1Br. The number of benzene rings is 1. The molecule has 0 saturated carbocycles. The van der Waals surface area contributed by atoms with Crippen molar-refractivity contribution in [3.63, 3.8) is 0 Å². The van der Waals surface area contributed by atoms with Crippen LogP contribution < -0.4 is 4.74 Å². The fraction of sp³-hybridized carbons (Fsp3) is 0.500. The maximum absolute atomic E-state index is 9.67. The molecule has 0 heterocycles. The van der Waals surface area contributed by atoms with Crippen LogP contribution in [0.25, 0.3) is 0 Å². The first kappa shape index (κ1) is 15.0. The van der Waals surface area contributed by atoms with Crippen molar-refractivity contribution in [3.05, 3.63) is 26.6 Å². The molecule has 0 amide bonds. The monoisotopic (exact) mass is 366 g/mol. The topological polar surface area (TPSA) is 49.7 Å². The fourth-order valence-corrected chi connectivity index (χ4v) is 2.71. The molecule has 17 heavy (non-hydrogen) atoms. The Kier molecular flexibility index (Phi) is 5.92. The van der Waals surface area contributed by atoms with Crippen LogP contribution in [0.2, 0.25) is 0 Å². The average molecular weight is 368 g/mol. The number of ether oxygens (including phenoxy) is 1. The second-order valence-corrected chi connectivity index (χ2v) is 5.88. The van der Waals surface area contributed by atoms with E-state index in [1.165, 1.54) is 0 Å². The van der Waals surface area contributed by atoms with E-state index in [1.807, 2.05) is 13.8 Å². The lowest BCUT2D eigenvalue weighted by Crippen LogP contribution is -2.23. The standard InChI is InChI=1S/C12H16Br2O3/c1-7(2)11(16)6-17-12-9(13)3-8(5-15)4-10(12)14/h3-4,7,11,15-16H,5-6H2,1-2H3. The zero-order valence-electron chi connectivity index (χ0n) is 9.78. The average Bonchev–Trinajstić information content (AvgIpc) is 2.27. The molecule has 96 valence electrons. The lowest BCUT2D eigenvalue weighted by atomic mass is 10.1. The van der Waals surface area contributed by atoms with Crippen LogP contribution in [-0.2, 0) is 6.61 Å². The van der Waals surface area contributed by atoms with Crippen LogP contribution in [0.1, 0.15) is 19.4 Å². The molecule has 1 rings (SSSR count). The molecule has 0 bridgehead atoms. The summed E-state index contributed by atoms with van der Waals surface area (Å²) >= 11 is 6.76. The van der Waals surface area contributed by atoms with E-state index < -0.39 is 6.10 Å². The lowest BCUT2D eigenvalue weighted by Gasteiger charge is -2.17. The van der Waals surface area contributed by atoms with E-state index in [0.29, 0.717) is 5.75 Å². The number of rotatable bonds is 5. The van der Waals surface area contributed by atoms with Crippen LogP contribution >= 0.6 is 31.9 Å². The summed E-state index contributed by atoms with van der Waals surface area (Å²) in [4.78, 5) is 0. The second-order valence-electron chi connectivity index (χ2n) is 4.17. The predicted octanol–water partition coefficient (Wildman–Crippen LogP) is 3.10. The second kappa shape index (κ2) is 6.73. The van der Waals surface area contributed by atoms with E-state index in [9.17, 15) is 5.11 Å². The Morgan fingerprint density at radius 1 is 1.24 bits per heavy atom. The molecule has 0 aliphatic carbocycles. The molecule has 1 aromatic carbocycles. The first-order valence-electron chi connectivity index (χ1n) is 5.35. The molecule has 2 N–H and O–H groups in total. The maximum Gasteiger partial charge on any atom is 0.147 e. The number of aliphatic hydroxyl groups is 2. The van der Waals surface area contributed by atoms with Crippen molar-refractivity contribution in [1.82, 2.24) is 0 Å². The van der Waals surface area contributed by atoms with Crippen LogP contribution in [0.4, 0.5) is 0 Å². The normalized spacial score (nSPS) is 12.9. The van der Waals surface area contributed by atoms with Crippen molar-refractivity contribution in [2.45, 2.75) is 26.6 Å². The Balaban J connectivity index is 2.78. The van der Waals surface area contributed by atoms with Crippen molar-refractivity contribution >= 4 is 31.9 Å². The number of hydrogen-bond donors (Lipinski definition) is 2. The van der Waals surface area contributed by atoms with Crippen molar-refractivity contribution in [2.75, 3.05) is 6.61 Å². The minimum Gasteiger partial charge on any atom is -0.489 e. The van der Waals surface area contributed by atoms with Crippen molar-refractivity contribution in [3.8, 4) is 5.75 Å². The molecular weight excluding hydrogens is 352 g/mol. The third-order valence-electron chi connectivity index (χ3n) is 2.41. The molecular formula is C12H16Br2O3. The van der Waals surface area contributed by atoms with E-state index >= 15 is 0 Å². The van der Waals surface area contributed by atoms with Crippen molar-refractivity contribution in [2.24, 2.45) is 5.92 Å². The highest BCUT2D eigenvalue weighted by Gasteiger charge is 2.13. The minimum absolute atomic E-state index is 0.0217. The van der Waals surface area contributed by atoms with Crippen LogP contribution in [0.15, 0.2) is 21.1 Å². The van der Waals surface area contributed by atoms with Gasteiger partial charge < -0.3 is 14.9 Å². The zero-order chi connectivity index (χ0) is 13.0. The van der Waals surface area contributed by atoms with Gasteiger partial charge in [0.1, 0.15) is 12.4 Å². The molecule has 0 aliphatic rings. The van der Waals surface area contributed by atoms with Gasteiger partial charge >= 0.3 is 0 Å². The van der Waals surface area contributed by atoms with E-state index in [-0.39, 0.29) is 19.1 Å². The van der Waals surface area contributed by atoms with E-state index in [1.54, 1.807) is 12.1 Å². The van der Waals surface area contributed by atoms with E-state index in [4.69, 9.17) is 9.84 Å². The molecule has 5 heteroatoms. The van der Waals surface area contributed by atoms with Gasteiger partial charge in [-0.15, -0.1) is 0 Å². The number of aliphatic hydroxyl groups excluding tert-OH is 2. The molecule has 0 spiro atoms. The van der Waals surface area contributed by atoms with Gasteiger partial charge in [0.05, 0.1) is 21.7 Å². The van der Waals surface area contributed by atoms with E-state index in [2.05, 4.69) is 31.9 Å². The van der Waals surface area contributed by atoms with Gasteiger partial charge in [-0.1, -0.05) is 13.8 Å². The van der Waals surface area contributed by atoms with Gasteiger partial charge in [-0.2, -0.15) is 0 Å². The Morgan fingerprint density at radius 3 is 2.18 bits per heavy atom. The van der Waals surface area contributed by atoms with Gasteiger partial charge in [0.25, 0.3) is 0 Å². The molecule has 1 unspecified atom stereocenters. The minimum atomic E-state index is -0.494. The highest BCUT2D eigenvalue weighted by atomic mass is 79.9. The molecule has 0 aromatic heterocycles. The highest BCUT2D eigenvalue weighted by Crippen LogP contribution is 2.35. The summed E-state index contributed by atoms with van der Waals surface area (Å²) in [6.07, 6.45) is -0.494. The molecule has 0 radical (unpaired) electrons. The highest BCUT2D eigenvalue weighted by molar-refractivity contribution is 9.11. The van der Waals surface area contributed by atoms with Gasteiger partial charge in [0.15, 0.2) is 0 Å². The smallest absolute Gasteiger partial charge is 0.147 e. The zero-order valence-corrected chi connectivity index (χ0v) is 13.0. The molecule has 1 atom stereocenters. The Labute approximate surface area is 118 Å². The molecule has 3 nitrogen and oxygen atoms in total. The quantitative estimate of drug-likeness (QED) is 0.840. The maximum atomic E-state index is 9.67. The molecule has 0 aliphatic heterocycles. The first-order valence-corrected chi connectivity index (χ1v) is 6.94. The first-order chi connectivity index (χ1) is 7.95. The summed E-state index contributed by atoms with van der Waals surface area (Å²) in [7, 11) is 0. The third-order valence-corrected chi connectivity index (χ3v) is 3.59. The van der Waals surface area contributed by atoms with E-state index in [0.717, 1.165) is 14.5 Å². The molecule has 1 aromatic rings. The van der Waals surface area contributed by atoms with Gasteiger partial charge in [-0.25, -0.2) is 0 Å². The number of hydrogen-bond acceptors (Lipinski definition) is 3. The fourth-order valence-electron chi connectivity index (χ4n) is 1.20. The summed E-state index contributed by atoms with van der Waals surface area (Å²) in [5, 5.41) is 18.7. The van der Waals surface area contributed by atoms with Crippen LogP contribution in [-0.4, -0.2) is 22.9 Å². The summed E-state index contributed by atoms with van der Waals surface area (Å²) in [6, 6.07) is 3.59. The van der Waals surface area contributed by atoms with Gasteiger partial charge in [0.2, 0.25) is 0 Å². The van der Waals surface area contributed by atoms with Crippen LogP contribution in [0.5, 0.6) is 5.75 Å². The molecule has 0 fully saturated rings. The van der Waals surface area contributed by atoms with Crippen molar-refractivity contribution in [1.29, 1.82) is 0 Å². The summed E-state index contributed by atoms with van der Waals surface area (Å²) in [5.74, 6) is 0.797. The van der Waals surface area contributed by atoms with Crippen molar-refractivity contribution < 1.29 is 14.9 Å². The molecule has 0 saturated heterocycles. The predicted molar refractivity (Wildman–Crippen MR) is 74.1 cm³/mol. The Bertz CT molecular complexity index is 357.